The summed E-state index contributed by atoms with van der Waals surface area (Å²) < 4.78 is 1.88. The smallest absolute Gasteiger partial charge is 0.240 e. The molecule has 0 bridgehead atoms. The zero-order valence-electron chi connectivity index (χ0n) is 14.3. The average Bonchev–Trinajstić information content (AvgIpc) is 3.24. The lowest BCUT2D eigenvalue weighted by atomic mass is 10.2. The number of amides is 1. The van der Waals surface area contributed by atoms with Crippen LogP contribution in [0.4, 0.5) is 5.13 Å². The Bertz CT molecular complexity index is 827. The topological polar surface area (TPSA) is 63.1 Å². The van der Waals surface area contributed by atoms with Gasteiger partial charge < -0.3 is 5.32 Å². The van der Waals surface area contributed by atoms with Crippen LogP contribution in [0, 0.1) is 0 Å². The summed E-state index contributed by atoms with van der Waals surface area (Å²) in [4.78, 5) is 18.7. The van der Waals surface area contributed by atoms with Crippen LogP contribution in [0.15, 0.2) is 48.1 Å². The number of aromatic nitrogens is 3. The first-order valence-corrected chi connectivity index (χ1v) is 9.02. The number of nitrogens with zero attached hydrogens (tertiary/aromatic N) is 4. The molecule has 6 nitrogen and oxygen atoms in total. The van der Waals surface area contributed by atoms with Crippen LogP contribution in [0.1, 0.15) is 12.5 Å². The molecule has 2 heterocycles. The molecule has 0 aliphatic carbocycles. The third-order valence-electron chi connectivity index (χ3n) is 3.70. The molecule has 2 aromatic heterocycles. The summed E-state index contributed by atoms with van der Waals surface area (Å²) in [6.45, 7) is 3.88. The van der Waals surface area contributed by atoms with Gasteiger partial charge in [0.15, 0.2) is 5.13 Å². The second kappa shape index (κ2) is 8.04. The van der Waals surface area contributed by atoms with Gasteiger partial charge in [-0.15, -0.1) is 11.3 Å². The maximum Gasteiger partial charge on any atom is 0.240 e. The van der Waals surface area contributed by atoms with Gasteiger partial charge in [0.2, 0.25) is 5.91 Å². The van der Waals surface area contributed by atoms with Crippen molar-refractivity contribution in [3.8, 4) is 11.3 Å². The molecule has 0 aliphatic heterocycles. The number of carbonyl (C=O) groups excluding carboxylic acids is 1. The fraction of sp³-hybridized carbons (Fsp3) is 0.278. The van der Waals surface area contributed by atoms with E-state index in [0.29, 0.717) is 18.2 Å². The van der Waals surface area contributed by atoms with E-state index in [1.165, 1.54) is 11.3 Å². The summed E-state index contributed by atoms with van der Waals surface area (Å²) in [7, 11) is 1.92. The fourth-order valence-electron chi connectivity index (χ4n) is 2.51. The lowest BCUT2D eigenvalue weighted by molar-refractivity contribution is -0.117. The Morgan fingerprint density at radius 2 is 2.12 bits per heavy atom. The quantitative estimate of drug-likeness (QED) is 0.707. The third kappa shape index (κ3) is 4.74. The summed E-state index contributed by atoms with van der Waals surface area (Å²) in [6.07, 6.45) is 3.84. The highest BCUT2D eigenvalue weighted by molar-refractivity contribution is 7.14. The summed E-state index contributed by atoms with van der Waals surface area (Å²) in [5.74, 6) is -0.0701. The molecule has 130 valence electrons. The lowest BCUT2D eigenvalue weighted by Crippen LogP contribution is -2.29. The molecule has 1 amide bonds. The van der Waals surface area contributed by atoms with Crippen LogP contribution in [0.2, 0.25) is 0 Å². The lowest BCUT2D eigenvalue weighted by Gasteiger charge is -2.14. The Morgan fingerprint density at radius 1 is 1.32 bits per heavy atom. The minimum atomic E-state index is -0.0701. The molecule has 0 spiro atoms. The van der Waals surface area contributed by atoms with Gasteiger partial charge >= 0.3 is 0 Å². The van der Waals surface area contributed by atoms with E-state index >= 15 is 0 Å². The molecule has 3 rings (SSSR count). The van der Waals surface area contributed by atoms with Gasteiger partial charge in [-0.2, -0.15) is 5.10 Å². The Morgan fingerprint density at radius 3 is 2.84 bits per heavy atom. The highest BCUT2D eigenvalue weighted by Gasteiger charge is 2.11. The summed E-state index contributed by atoms with van der Waals surface area (Å²) in [6, 6.07) is 9.93. The number of anilines is 1. The maximum atomic E-state index is 12.2. The molecule has 3 aromatic rings. The van der Waals surface area contributed by atoms with Crippen molar-refractivity contribution in [3.63, 3.8) is 0 Å². The molecule has 0 fully saturated rings. The van der Waals surface area contributed by atoms with E-state index in [2.05, 4.69) is 15.4 Å². The third-order valence-corrected chi connectivity index (χ3v) is 4.45. The van der Waals surface area contributed by atoms with E-state index in [1.54, 1.807) is 0 Å². The molecule has 1 aromatic carbocycles. The second-order valence-corrected chi connectivity index (χ2v) is 6.69. The number of hydrogen-bond donors (Lipinski definition) is 1. The number of nitrogens with one attached hydrogen (secondary N) is 1. The zero-order valence-corrected chi connectivity index (χ0v) is 15.2. The van der Waals surface area contributed by atoms with Crippen LogP contribution in [0.3, 0.4) is 0 Å². The highest BCUT2D eigenvalue weighted by Crippen LogP contribution is 2.24. The van der Waals surface area contributed by atoms with Gasteiger partial charge in [-0.25, -0.2) is 4.98 Å². The van der Waals surface area contributed by atoms with Crippen LogP contribution in [0.5, 0.6) is 0 Å². The van der Waals surface area contributed by atoms with E-state index in [4.69, 9.17) is 0 Å². The van der Waals surface area contributed by atoms with Crippen molar-refractivity contribution >= 4 is 22.4 Å². The van der Waals surface area contributed by atoms with Gasteiger partial charge in [0.05, 0.1) is 18.4 Å². The zero-order chi connectivity index (χ0) is 17.6. The van der Waals surface area contributed by atoms with Crippen LogP contribution in [0.25, 0.3) is 11.3 Å². The fourth-order valence-corrected chi connectivity index (χ4v) is 3.24. The summed E-state index contributed by atoms with van der Waals surface area (Å²) in [5.41, 5.74) is 3.02. The number of benzene rings is 1. The van der Waals surface area contributed by atoms with Crippen molar-refractivity contribution in [1.82, 2.24) is 19.7 Å². The first-order chi connectivity index (χ1) is 12.1. The molecule has 25 heavy (non-hydrogen) atoms. The van der Waals surface area contributed by atoms with Crippen LogP contribution in [-0.2, 0) is 17.9 Å². The predicted octanol–water partition coefficient (Wildman–Crippen LogP) is 3.10. The molecule has 0 saturated carbocycles. The van der Waals surface area contributed by atoms with Crippen LogP contribution >= 0.6 is 11.3 Å². The number of likely N-dealkylation sites (N-methyl/N-ethyl adjacent to an activating group) is 1. The molecule has 0 unspecified atom stereocenters. The molecule has 0 aliphatic rings. The van der Waals surface area contributed by atoms with Crippen molar-refractivity contribution in [1.29, 1.82) is 0 Å². The first kappa shape index (κ1) is 17.3. The molecule has 0 atom stereocenters. The standard InChI is InChI=1S/C18H21N5OS/c1-3-23-11-14(9-19-23)10-22(2)12-17(24)21-18-20-16(13-25-18)15-7-5-4-6-8-15/h4-9,11,13H,3,10,12H2,1-2H3,(H,20,21,24). The molecular formula is C18H21N5OS. The second-order valence-electron chi connectivity index (χ2n) is 5.83. The van der Waals surface area contributed by atoms with Gasteiger partial charge in [-0.1, -0.05) is 30.3 Å². The number of hydrogen-bond acceptors (Lipinski definition) is 5. The monoisotopic (exact) mass is 355 g/mol. The predicted molar refractivity (Wildman–Crippen MR) is 100 cm³/mol. The Kier molecular flexibility index (Phi) is 5.57. The van der Waals surface area contributed by atoms with Gasteiger partial charge in [0, 0.05) is 35.8 Å². The Hall–Kier alpha value is -2.51. The van der Waals surface area contributed by atoms with Crippen LogP contribution in [-0.4, -0.2) is 39.2 Å². The van der Waals surface area contributed by atoms with Gasteiger partial charge in [-0.05, 0) is 14.0 Å². The first-order valence-electron chi connectivity index (χ1n) is 8.14. The Labute approximate surface area is 151 Å². The molecular weight excluding hydrogens is 334 g/mol. The van der Waals surface area contributed by atoms with E-state index < -0.39 is 0 Å². The van der Waals surface area contributed by atoms with Crippen LogP contribution < -0.4 is 5.32 Å². The van der Waals surface area contributed by atoms with Crippen molar-refractivity contribution in [3.05, 3.63) is 53.7 Å². The van der Waals surface area contributed by atoms with E-state index in [-0.39, 0.29) is 5.91 Å². The van der Waals surface area contributed by atoms with Gasteiger partial charge in [-0.3, -0.25) is 14.4 Å². The van der Waals surface area contributed by atoms with Crippen molar-refractivity contribution in [2.45, 2.75) is 20.0 Å². The van der Waals surface area contributed by atoms with E-state index in [1.807, 2.05) is 71.7 Å². The molecule has 1 N–H and O–H groups in total. The van der Waals surface area contributed by atoms with Gasteiger partial charge in [0.25, 0.3) is 0 Å². The Balaban J connectivity index is 1.53. The van der Waals surface area contributed by atoms with Gasteiger partial charge in [0.1, 0.15) is 0 Å². The molecule has 0 radical (unpaired) electrons. The number of thiazole rings is 1. The maximum absolute atomic E-state index is 12.2. The summed E-state index contributed by atoms with van der Waals surface area (Å²) >= 11 is 1.44. The summed E-state index contributed by atoms with van der Waals surface area (Å²) in [5, 5.41) is 9.69. The van der Waals surface area contributed by atoms with Crippen molar-refractivity contribution < 1.29 is 4.79 Å². The minimum Gasteiger partial charge on any atom is -0.301 e. The minimum absolute atomic E-state index is 0.0701. The average molecular weight is 355 g/mol. The largest absolute Gasteiger partial charge is 0.301 e. The number of carbonyl (C=O) groups is 1. The van der Waals surface area contributed by atoms with E-state index in [0.717, 1.165) is 23.4 Å². The van der Waals surface area contributed by atoms with Crippen molar-refractivity contribution in [2.24, 2.45) is 0 Å². The SMILES string of the molecule is CCn1cc(CN(C)CC(=O)Nc2nc(-c3ccccc3)cs2)cn1. The molecule has 7 heteroatoms. The molecule has 0 saturated heterocycles. The highest BCUT2D eigenvalue weighted by atomic mass is 32.1. The van der Waals surface area contributed by atoms with E-state index in [9.17, 15) is 4.79 Å². The number of rotatable bonds is 7. The normalized spacial score (nSPS) is 11.0. The number of aryl methyl sites for hydroxylation is 1. The van der Waals surface area contributed by atoms with Crippen molar-refractivity contribution in [2.75, 3.05) is 18.9 Å².